The smallest absolute Gasteiger partial charge is 0.251 e. The van der Waals surface area contributed by atoms with Crippen LogP contribution in [0.4, 0.5) is 4.39 Å². The lowest BCUT2D eigenvalue weighted by atomic mass is 9.78. The van der Waals surface area contributed by atoms with Crippen molar-refractivity contribution in [1.82, 2.24) is 19.9 Å². The lowest BCUT2D eigenvalue weighted by Crippen LogP contribution is -2.43. The molecule has 0 radical (unpaired) electrons. The summed E-state index contributed by atoms with van der Waals surface area (Å²) in [6, 6.07) is 16.6. The third kappa shape index (κ3) is 5.46. The van der Waals surface area contributed by atoms with Crippen molar-refractivity contribution in [3.8, 4) is 0 Å². The van der Waals surface area contributed by atoms with Crippen molar-refractivity contribution < 1.29 is 9.18 Å². The summed E-state index contributed by atoms with van der Waals surface area (Å²) in [6.45, 7) is 5.14. The predicted molar refractivity (Wildman–Crippen MR) is 142 cm³/mol. The van der Waals surface area contributed by atoms with Gasteiger partial charge in [-0.2, -0.15) is 0 Å². The number of benzene rings is 2. The zero-order valence-electron chi connectivity index (χ0n) is 20.7. The van der Waals surface area contributed by atoms with Gasteiger partial charge in [0.2, 0.25) is 0 Å². The van der Waals surface area contributed by atoms with E-state index in [1.165, 1.54) is 25.0 Å². The number of nitrogens with one attached hydrogen (secondary N) is 1. The van der Waals surface area contributed by atoms with Crippen LogP contribution in [0.3, 0.4) is 0 Å². The van der Waals surface area contributed by atoms with Crippen molar-refractivity contribution >= 4 is 28.7 Å². The zero-order chi connectivity index (χ0) is 25.1. The van der Waals surface area contributed by atoms with Crippen LogP contribution in [0.2, 0.25) is 0 Å². The Morgan fingerprint density at radius 2 is 1.81 bits per heavy atom. The lowest BCUT2D eigenvalue weighted by molar-refractivity contribution is 0.0891. The molecular formula is C29H31FN4OS. The predicted octanol–water partition coefficient (Wildman–Crippen LogP) is 6.47. The number of aromatic nitrogens is 3. The molecular weight excluding hydrogens is 471 g/mol. The first-order valence-corrected chi connectivity index (χ1v) is 13.5. The number of rotatable bonds is 7. The quantitative estimate of drug-likeness (QED) is 0.295. The summed E-state index contributed by atoms with van der Waals surface area (Å²) in [6.07, 6.45) is 7.04. The zero-order valence-corrected chi connectivity index (χ0v) is 21.5. The van der Waals surface area contributed by atoms with E-state index < -0.39 is 0 Å². The van der Waals surface area contributed by atoms with Crippen LogP contribution in [0.15, 0.2) is 72.1 Å². The van der Waals surface area contributed by atoms with Crippen LogP contribution < -0.4 is 5.32 Å². The molecule has 2 aromatic carbocycles. The Balaban J connectivity index is 1.31. The number of thioether (sulfide) groups is 1. The molecule has 36 heavy (non-hydrogen) atoms. The molecule has 186 valence electrons. The molecule has 1 saturated carbocycles. The second-order valence-electron chi connectivity index (χ2n) is 9.80. The van der Waals surface area contributed by atoms with E-state index >= 15 is 0 Å². The number of nitrogens with zero attached hydrogens (tertiary/aromatic N) is 3. The number of carbonyl (C=O) groups excluding carboxylic acids is 1. The maximum absolute atomic E-state index is 13.3. The number of hydrogen-bond acceptors (Lipinski definition) is 4. The van der Waals surface area contributed by atoms with Gasteiger partial charge in [0.05, 0.1) is 23.8 Å². The summed E-state index contributed by atoms with van der Waals surface area (Å²) in [4.78, 5) is 22.0. The highest BCUT2D eigenvalue weighted by Crippen LogP contribution is 2.30. The molecule has 2 heterocycles. The van der Waals surface area contributed by atoms with E-state index in [1.807, 2.05) is 36.5 Å². The van der Waals surface area contributed by atoms with E-state index in [-0.39, 0.29) is 17.8 Å². The molecule has 1 aliphatic rings. The van der Waals surface area contributed by atoms with Gasteiger partial charge in [-0.25, -0.2) is 9.37 Å². The SMILES string of the molecule is C[C@H]1[C@H](C)CCC[C@H]1NC(=O)c1ccc(Cn2c(SCc3ccc(F)cc3)nc3ccncc32)cc1. The number of fused-ring (bicyclic) bond motifs is 1. The van der Waals surface area contributed by atoms with Crippen molar-refractivity contribution in [2.24, 2.45) is 11.8 Å². The average molecular weight is 503 g/mol. The van der Waals surface area contributed by atoms with Gasteiger partial charge in [-0.15, -0.1) is 0 Å². The van der Waals surface area contributed by atoms with Gasteiger partial charge in [0.25, 0.3) is 5.91 Å². The molecule has 0 bridgehead atoms. The summed E-state index contributed by atoms with van der Waals surface area (Å²) >= 11 is 1.62. The Bertz CT molecular complexity index is 1340. The third-order valence-electron chi connectivity index (χ3n) is 7.38. The molecule has 0 unspecified atom stereocenters. The monoisotopic (exact) mass is 502 g/mol. The van der Waals surface area contributed by atoms with Gasteiger partial charge in [-0.3, -0.25) is 9.78 Å². The molecule has 0 saturated heterocycles. The third-order valence-corrected chi connectivity index (χ3v) is 8.42. The maximum Gasteiger partial charge on any atom is 0.251 e. The topological polar surface area (TPSA) is 59.8 Å². The fraction of sp³-hybridized carbons (Fsp3) is 0.345. The van der Waals surface area contributed by atoms with Crippen molar-refractivity contribution in [3.05, 3.63) is 89.5 Å². The Labute approximate surface area is 215 Å². The Kier molecular flexibility index (Phi) is 7.37. The number of halogens is 1. The molecule has 4 aromatic rings. The summed E-state index contributed by atoms with van der Waals surface area (Å²) in [7, 11) is 0. The van der Waals surface area contributed by atoms with E-state index in [4.69, 9.17) is 4.98 Å². The standard InChI is InChI=1S/C29H31FN4OS/c1-19-4-3-5-25(20(19)2)32-28(35)23-10-6-21(7-11-23)17-34-27-16-31-15-14-26(27)33-29(34)36-18-22-8-12-24(30)13-9-22/h6-16,19-20,25H,3-5,17-18H2,1-2H3,(H,32,35)/t19-,20+,25-/m1/s1. The minimum atomic E-state index is -0.234. The number of carbonyl (C=O) groups is 1. The van der Waals surface area contributed by atoms with Gasteiger partial charge in [0.15, 0.2) is 5.16 Å². The van der Waals surface area contributed by atoms with E-state index in [0.717, 1.165) is 33.7 Å². The molecule has 2 aromatic heterocycles. The Hall–Kier alpha value is -3.19. The first-order valence-electron chi connectivity index (χ1n) is 12.6. The minimum Gasteiger partial charge on any atom is -0.349 e. The van der Waals surface area contributed by atoms with Crippen LogP contribution in [0.1, 0.15) is 54.6 Å². The fourth-order valence-corrected chi connectivity index (χ4v) is 5.89. The van der Waals surface area contributed by atoms with Crippen LogP contribution >= 0.6 is 11.8 Å². The lowest BCUT2D eigenvalue weighted by Gasteiger charge is -2.34. The van der Waals surface area contributed by atoms with Crippen LogP contribution in [-0.2, 0) is 12.3 Å². The van der Waals surface area contributed by atoms with Crippen LogP contribution in [-0.4, -0.2) is 26.5 Å². The first-order chi connectivity index (χ1) is 17.5. The molecule has 0 spiro atoms. The summed E-state index contributed by atoms with van der Waals surface area (Å²) < 4.78 is 15.4. The largest absolute Gasteiger partial charge is 0.349 e. The number of pyridine rings is 1. The van der Waals surface area contributed by atoms with Crippen molar-refractivity contribution in [2.75, 3.05) is 0 Å². The van der Waals surface area contributed by atoms with Gasteiger partial charge in [-0.05, 0) is 59.7 Å². The van der Waals surface area contributed by atoms with E-state index in [9.17, 15) is 9.18 Å². The van der Waals surface area contributed by atoms with Gasteiger partial charge < -0.3 is 9.88 Å². The molecule has 3 atom stereocenters. The van der Waals surface area contributed by atoms with Crippen molar-refractivity contribution in [3.63, 3.8) is 0 Å². The fourth-order valence-electron chi connectivity index (χ4n) is 4.92. The van der Waals surface area contributed by atoms with Gasteiger partial charge >= 0.3 is 0 Å². The molecule has 1 aliphatic carbocycles. The summed E-state index contributed by atoms with van der Waals surface area (Å²) in [5.74, 6) is 1.59. The van der Waals surface area contributed by atoms with Crippen molar-refractivity contribution in [1.29, 1.82) is 0 Å². The van der Waals surface area contributed by atoms with E-state index in [0.29, 0.717) is 29.7 Å². The highest BCUT2D eigenvalue weighted by atomic mass is 32.2. The highest BCUT2D eigenvalue weighted by molar-refractivity contribution is 7.98. The molecule has 1 amide bonds. The number of amides is 1. The molecule has 5 rings (SSSR count). The highest BCUT2D eigenvalue weighted by Gasteiger charge is 2.28. The van der Waals surface area contributed by atoms with Crippen LogP contribution in [0, 0.1) is 17.7 Å². The molecule has 1 N–H and O–H groups in total. The summed E-state index contributed by atoms with van der Waals surface area (Å²) in [5.41, 5.74) is 4.65. The molecule has 1 fully saturated rings. The van der Waals surface area contributed by atoms with Gasteiger partial charge in [0, 0.05) is 23.6 Å². The molecule has 7 heteroatoms. The minimum absolute atomic E-state index is 0.000299. The molecule has 0 aliphatic heterocycles. The van der Waals surface area contributed by atoms with Crippen LogP contribution in [0.25, 0.3) is 11.0 Å². The number of imidazole rings is 1. The van der Waals surface area contributed by atoms with Crippen LogP contribution in [0.5, 0.6) is 0 Å². The number of hydrogen-bond donors (Lipinski definition) is 1. The van der Waals surface area contributed by atoms with Gasteiger partial charge in [0.1, 0.15) is 5.82 Å². The second kappa shape index (κ2) is 10.8. The van der Waals surface area contributed by atoms with Crippen molar-refractivity contribution in [2.45, 2.75) is 56.6 Å². The van der Waals surface area contributed by atoms with E-state index in [2.05, 4.69) is 28.7 Å². The Morgan fingerprint density at radius 1 is 1.06 bits per heavy atom. The maximum atomic E-state index is 13.3. The second-order valence-corrected chi connectivity index (χ2v) is 10.7. The summed E-state index contributed by atoms with van der Waals surface area (Å²) in [5, 5.41) is 4.14. The first kappa shape index (κ1) is 24.5. The van der Waals surface area contributed by atoms with E-state index in [1.54, 1.807) is 30.1 Å². The molecule has 5 nitrogen and oxygen atoms in total. The average Bonchev–Trinajstić information content (AvgIpc) is 3.24. The normalized spacial score (nSPS) is 19.9. The Morgan fingerprint density at radius 3 is 2.58 bits per heavy atom. The van der Waals surface area contributed by atoms with Gasteiger partial charge in [-0.1, -0.05) is 62.7 Å².